The van der Waals surface area contributed by atoms with E-state index in [4.69, 9.17) is 0 Å². The predicted molar refractivity (Wildman–Crippen MR) is 74.0 cm³/mol. The van der Waals surface area contributed by atoms with Gasteiger partial charge < -0.3 is 5.32 Å². The van der Waals surface area contributed by atoms with E-state index in [2.05, 4.69) is 21.2 Å². The number of halogens is 4. The molecule has 0 aliphatic carbocycles. The maximum atomic E-state index is 13.4. The van der Waals surface area contributed by atoms with Crippen LogP contribution >= 0.6 is 15.9 Å². The molecule has 0 saturated carbocycles. The second-order valence-electron chi connectivity index (χ2n) is 4.70. The zero-order valence-electron chi connectivity index (χ0n) is 10.9. The second-order valence-corrected chi connectivity index (χ2v) is 5.55. The van der Waals surface area contributed by atoms with Crippen LogP contribution in [0.3, 0.4) is 0 Å². The minimum atomic E-state index is -4.49. The molecular formula is C12H13BrF3N3O2. The van der Waals surface area contributed by atoms with Gasteiger partial charge in [-0.05, 0) is 27.6 Å². The first-order chi connectivity index (χ1) is 9.80. The largest absolute Gasteiger partial charge is 0.408 e. The number of nitrogens with one attached hydrogen (secondary N) is 1. The van der Waals surface area contributed by atoms with Gasteiger partial charge in [-0.15, -0.1) is 0 Å². The molecular weight excluding hydrogens is 355 g/mol. The molecule has 0 amide bonds. The summed E-state index contributed by atoms with van der Waals surface area (Å²) in [6.07, 6.45) is -4.49. The van der Waals surface area contributed by atoms with Crippen molar-refractivity contribution in [1.29, 1.82) is 0 Å². The predicted octanol–water partition coefficient (Wildman–Crippen LogP) is 2.87. The highest BCUT2D eigenvalue weighted by molar-refractivity contribution is 9.10. The first-order valence-corrected chi connectivity index (χ1v) is 7.05. The molecule has 5 nitrogen and oxygen atoms in total. The molecule has 0 unspecified atom stereocenters. The summed E-state index contributed by atoms with van der Waals surface area (Å²) in [6, 6.07) is 1.72. The summed E-state index contributed by atoms with van der Waals surface area (Å²) in [5.41, 5.74) is -0.476. The van der Waals surface area contributed by atoms with E-state index in [0.717, 1.165) is 6.07 Å². The SMILES string of the molecule is O=[N+]([O-])c1cc([C@H](N2CCNCC2)C(F)(F)F)ccc1Br. The molecule has 0 radical (unpaired) electrons. The van der Waals surface area contributed by atoms with E-state index in [9.17, 15) is 23.3 Å². The molecule has 1 aromatic rings. The molecule has 1 heterocycles. The van der Waals surface area contributed by atoms with Crippen LogP contribution in [-0.4, -0.2) is 42.2 Å². The fourth-order valence-corrected chi connectivity index (χ4v) is 2.78. The molecule has 116 valence electrons. The Labute approximate surface area is 127 Å². The third-order valence-electron chi connectivity index (χ3n) is 3.31. The van der Waals surface area contributed by atoms with E-state index in [-0.39, 0.29) is 28.8 Å². The quantitative estimate of drug-likeness (QED) is 0.659. The van der Waals surface area contributed by atoms with Gasteiger partial charge in [0.1, 0.15) is 6.04 Å². The van der Waals surface area contributed by atoms with Crippen molar-refractivity contribution in [3.05, 3.63) is 38.3 Å². The molecule has 1 N–H and O–H groups in total. The van der Waals surface area contributed by atoms with Gasteiger partial charge >= 0.3 is 6.18 Å². The first-order valence-electron chi connectivity index (χ1n) is 6.26. The van der Waals surface area contributed by atoms with Gasteiger partial charge in [-0.1, -0.05) is 6.07 Å². The molecule has 1 atom stereocenters. The van der Waals surface area contributed by atoms with Gasteiger partial charge in [0.15, 0.2) is 0 Å². The molecule has 9 heteroatoms. The Balaban J connectivity index is 2.41. The monoisotopic (exact) mass is 367 g/mol. The lowest BCUT2D eigenvalue weighted by Gasteiger charge is -2.36. The molecule has 21 heavy (non-hydrogen) atoms. The lowest BCUT2D eigenvalue weighted by atomic mass is 10.0. The van der Waals surface area contributed by atoms with Gasteiger partial charge in [0.25, 0.3) is 5.69 Å². The van der Waals surface area contributed by atoms with E-state index in [1.165, 1.54) is 17.0 Å². The summed E-state index contributed by atoms with van der Waals surface area (Å²) in [5.74, 6) is 0. The van der Waals surface area contributed by atoms with Crippen LogP contribution in [0.25, 0.3) is 0 Å². The molecule has 1 aliphatic heterocycles. The van der Waals surface area contributed by atoms with E-state index < -0.39 is 17.1 Å². The number of benzene rings is 1. The highest BCUT2D eigenvalue weighted by Crippen LogP contribution is 2.40. The van der Waals surface area contributed by atoms with Gasteiger partial charge in [-0.25, -0.2) is 0 Å². The summed E-state index contributed by atoms with van der Waals surface area (Å²) in [6.45, 7) is 1.42. The van der Waals surface area contributed by atoms with E-state index in [0.29, 0.717) is 13.1 Å². The van der Waals surface area contributed by atoms with Crippen molar-refractivity contribution in [2.75, 3.05) is 26.2 Å². The summed E-state index contributed by atoms with van der Waals surface area (Å²) in [4.78, 5) is 11.5. The molecule has 1 aromatic carbocycles. The Hall–Kier alpha value is -1.19. The summed E-state index contributed by atoms with van der Waals surface area (Å²) in [7, 11) is 0. The third kappa shape index (κ3) is 3.72. The van der Waals surface area contributed by atoms with Crippen LogP contribution in [-0.2, 0) is 0 Å². The average molecular weight is 368 g/mol. The van der Waals surface area contributed by atoms with Crippen molar-refractivity contribution in [3.8, 4) is 0 Å². The Bertz CT molecular complexity index is 533. The number of alkyl halides is 3. The minimum absolute atomic E-state index is 0.112. The fourth-order valence-electron chi connectivity index (χ4n) is 2.39. The zero-order valence-corrected chi connectivity index (χ0v) is 12.4. The number of nitrogens with zero attached hydrogens (tertiary/aromatic N) is 2. The second kappa shape index (κ2) is 6.29. The number of nitro benzene ring substituents is 1. The topological polar surface area (TPSA) is 58.4 Å². The first kappa shape index (κ1) is 16.2. The zero-order chi connectivity index (χ0) is 15.6. The van der Waals surface area contributed by atoms with Gasteiger partial charge in [0.05, 0.1) is 9.40 Å². The van der Waals surface area contributed by atoms with Crippen molar-refractivity contribution in [3.63, 3.8) is 0 Å². The molecule has 0 bridgehead atoms. The Morgan fingerprint density at radius 1 is 1.33 bits per heavy atom. The molecule has 2 rings (SSSR count). The maximum Gasteiger partial charge on any atom is 0.408 e. The molecule has 1 fully saturated rings. The van der Waals surface area contributed by atoms with E-state index in [1.54, 1.807) is 0 Å². The van der Waals surface area contributed by atoms with Gasteiger partial charge in [-0.3, -0.25) is 15.0 Å². The molecule has 1 aliphatic rings. The standard InChI is InChI=1S/C12H13BrF3N3O2/c13-9-2-1-8(7-10(9)19(20)21)11(12(14,15)16)18-5-3-17-4-6-18/h1-2,7,11,17H,3-6H2/t11-/m0/s1. The van der Waals surface area contributed by atoms with Gasteiger partial charge in [0.2, 0.25) is 0 Å². The Morgan fingerprint density at radius 3 is 2.48 bits per heavy atom. The minimum Gasteiger partial charge on any atom is -0.314 e. The Kier molecular flexibility index (Phi) is 4.84. The highest BCUT2D eigenvalue weighted by atomic mass is 79.9. The fraction of sp³-hybridized carbons (Fsp3) is 0.500. The summed E-state index contributed by atoms with van der Waals surface area (Å²) >= 11 is 2.98. The van der Waals surface area contributed by atoms with Gasteiger partial charge in [-0.2, -0.15) is 13.2 Å². The van der Waals surface area contributed by atoms with Crippen LogP contribution in [0.5, 0.6) is 0 Å². The van der Waals surface area contributed by atoms with Crippen molar-refractivity contribution >= 4 is 21.6 Å². The molecule has 0 spiro atoms. The van der Waals surface area contributed by atoms with Crippen LogP contribution < -0.4 is 5.32 Å². The summed E-state index contributed by atoms with van der Waals surface area (Å²) < 4.78 is 40.3. The Morgan fingerprint density at radius 2 is 1.95 bits per heavy atom. The normalized spacial score (nSPS) is 18.5. The van der Waals surface area contributed by atoms with Crippen LogP contribution in [0.1, 0.15) is 11.6 Å². The van der Waals surface area contributed by atoms with Gasteiger partial charge in [0, 0.05) is 32.2 Å². The van der Waals surface area contributed by atoms with Crippen molar-refractivity contribution < 1.29 is 18.1 Å². The van der Waals surface area contributed by atoms with Crippen LogP contribution in [0.4, 0.5) is 18.9 Å². The number of hydrogen-bond donors (Lipinski definition) is 1. The number of nitro groups is 1. The van der Waals surface area contributed by atoms with Crippen molar-refractivity contribution in [2.24, 2.45) is 0 Å². The molecule has 0 aromatic heterocycles. The van der Waals surface area contributed by atoms with E-state index in [1.807, 2.05) is 0 Å². The lowest BCUT2D eigenvalue weighted by Crippen LogP contribution is -2.49. The van der Waals surface area contributed by atoms with Crippen LogP contribution in [0, 0.1) is 10.1 Å². The smallest absolute Gasteiger partial charge is 0.314 e. The lowest BCUT2D eigenvalue weighted by molar-refractivity contribution is -0.385. The average Bonchev–Trinajstić information content (AvgIpc) is 2.40. The molecule has 1 saturated heterocycles. The maximum absolute atomic E-state index is 13.4. The summed E-state index contributed by atoms with van der Waals surface area (Å²) in [5, 5.41) is 13.9. The van der Waals surface area contributed by atoms with Crippen molar-refractivity contribution in [2.45, 2.75) is 12.2 Å². The highest BCUT2D eigenvalue weighted by Gasteiger charge is 2.45. The van der Waals surface area contributed by atoms with Crippen LogP contribution in [0.2, 0.25) is 0 Å². The number of hydrogen-bond acceptors (Lipinski definition) is 4. The number of rotatable bonds is 3. The van der Waals surface area contributed by atoms with E-state index >= 15 is 0 Å². The van der Waals surface area contributed by atoms with Crippen molar-refractivity contribution in [1.82, 2.24) is 10.2 Å². The third-order valence-corrected chi connectivity index (χ3v) is 3.98. The van der Waals surface area contributed by atoms with Crippen LogP contribution in [0.15, 0.2) is 22.7 Å². The number of piperazine rings is 1.